The molecule has 20 heavy (non-hydrogen) atoms. The highest BCUT2D eigenvalue weighted by Crippen LogP contribution is 2.25. The monoisotopic (exact) mass is 312 g/mol. The molecule has 2 aromatic rings. The average Bonchev–Trinajstić information content (AvgIpc) is 2.82. The predicted molar refractivity (Wildman–Crippen MR) is 78.1 cm³/mol. The largest absolute Gasteiger partial charge is 0.391 e. The number of aryl methyl sites for hydroxylation is 1. The fraction of sp³-hybridized carbons (Fsp3) is 0.308. The molecule has 2 N–H and O–H groups in total. The summed E-state index contributed by atoms with van der Waals surface area (Å²) >= 11 is 1.10. The number of aliphatic hydroxyl groups excluding tert-OH is 1. The lowest BCUT2D eigenvalue weighted by atomic mass is 10.2. The van der Waals surface area contributed by atoms with E-state index in [2.05, 4.69) is 9.71 Å². The molecule has 0 saturated heterocycles. The summed E-state index contributed by atoms with van der Waals surface area (Å²) in [6.45, 7) is 1.98. The molecule has 0 aliphatic carbocycles. The molecule has 0 unspecified atom stereocenters. The van der Waals surface area contributed by atoms with Crippen LogP contribution in [0.5, 0.6) is 0 Å². The summed E-state index contributed by atoms with van der Waals surface area (Å²) in [6, 6.07) is 5.30. The SMILES string of the molecule is Cc1cc(S(=O)(=O)NCCc2ccncc2)sc1CO. The molecule has 0 saturated carbocycles. The lowest BCUT2D eigenvalue weighted by Crippen LogP contribution is -2.25. The molecule has 2 rings (SSSR count). The molecule has 0 radical (unpaired) electrons. The van der Waals surface area contributed by atoms with E-state index in [4.69, 9.17) is 5.11 Å². The van der Waals surface area contributed by atoms with Crippen molar-refractivity contribution in [1.82, 2.24) is 9.71 Å². The van der Waals surface area contributed by atoms with Gasteiger partial charge in [0.1, 0.15) is 4.21 Å². The van der Waals surface area contributed by atoms with E-state index in [1.807, 2.05) is 12.1 Å². The van der Waals surface area contributed by atoms with Crippen molar-refractivity contribution >= 4 is 21.4 Å². The Bertz CT molecular complexity index is 666. The summed E-state index contributed by atoms with van der Waals surface area (Å²) in [7, 11) is -3.50. The fourth-order valence-electron chi connectivity index (χ4n) is 1.73. The average molecular weight is 312 g/mol. The van der Waals surface area contributed by atoms with E-state index in [-0.39, 0.29) is 10.8 Å². The number of pyridine rings is 1. The summed E-state index contributed by atoms with van der Waals surface area (Å²) in [5, 5.41) is 9.11. The predicted octanol–water partition coefficient (Wildman–Crippen LogP) is 1.46. The minimum Gasteiger partial charge on any atom is -0.391 e. The van der Waals surface area contributed by atoms with Crippen molar-refractivity contribution in [2.45, 2.75) is 24.2 Å². The molecule has 2 heterocycles. The van der Waals surface area contributed by atoms with Gasteiger partial charge in [-0.3, -0.25) is 4.98 Å². The highest BCUT2D eigenvalue weighted by atomic mass is 32.2. The van der Waals surface area contributed by atoms with Crippen molar-refractivity contribution < 1.29 is 13.5 Å². The van der Waals surface area contributed by atoms with Gasteiger partial charge in [0, 0.05) is 23.8 Å². The second kappa shape index (κ2) is 6.45. The van der Waals surface area contributed by atoms with Crippen LogP contribution in [0.25, 0.3) is 0 Å². The number of aliphatic hydroxyl groups is 1. The van der Waals surface area contributed by atoms with E-state index < -0.39 is 10.0 Å². The van der Waals surface area contributed by atoms with Crippen LogP contribution < -0.4 is 4.72 Å². The molecular formula is C13H16N2O3S2. The van der Waals surface area contributed by atoms with Gasteiger partial charge in [-0.25, -0.2) is 13.1 Å². The van der Waals surface area contributed by atoms with Crippen LogP contribution in [0.4, 0.5) is 0 Å². The molecule has 0 spiro atoms. The standard InChI is InChI=1S/C13H16N2O3S2/c1-10-8-13(19-12(10)9-16)20(17,18)15-7-4-11-2-5-14-6-3-11/h2-3,5-6,8,15-16H,4,7,9H2,1H3. The minimum atomic E-state index is -3.50. The van der Waals surface area contributed by atoms with Crippen LogP contribution in [-0.4, -0.2) is 25.1 Å². The Morgan fingerprint density at radius 2 is 2.05 bits per heavy atom. The molecule has 0 aliphatic heterocycles. The smallest absolute Gasteiger partial charge is 0.250 e. The van der Waals surface area contributed by atoms with Gasteiger partial charge in [-0.15, -0.1) is 11.3 Å². The normalized spacial score (nSPS) is 11.7. The van der Waals surface area contributed by atoms with Gasteiger partial charge in [-0.05, 0) is 42.7 Å². The van der Waals surface area contributed by atoms with E-state index in [0.29, 0.717) is 17.8 Å². The number of nitrogens with zero attached hydrogens (tertiary/aromatic N) is 1. The number of thiophene rings is 1. The molecule has 108 valence electrons. The first-order valence-electron chi connectivity index (χ1n) is 6.11. The number of hydrogen-bond acceptors (Lipinski definition) is 5. The fourth-order valence-corrected chi connectivity index (χ4v) is 4.25. The summed E-state index contributed by atoms with van der Waals surface area (Å²) in [6.07, 6.45) is 3.97. The Balaban J connectivity index is 2.00. The molecule has 5 nitrogen and oxygen atoms in total. The van der Waals surface area contributed by atoms with Crippen molar-refractivity contribution in [2.75, 3.05) is 6.54 Å². The van der Waals surface area contributed by atoms with E-state index in [1.54, 1.807) is 25.4 Å². The first kappa shape index (κ1) is 15.1. The minimum absolute atomic E-state index is 0.136. The third kappa shape index (κ3) is 3.63. The highest BCUT2D eigenvalue weighted by molar-refractivity contribution is 7.91. The van der Waals surface area contributed by atoms with Gasteiger partial charge in [0.25, 0.3) is 0 Å². The maximum Gasteiger partial charge on any atom is 0.250 e. The number of sulfonamides is 1. The van der Waals surface area contributed by atoms with E-state index in [9.17, 15) is 8.42 Å². The number of hydrogen-bond donors (Lipinski definition) is 2. The van der Waals surface area contributed by atoms with Crippen LogP contribution in [0.2, 0.25) is 0 Å². The van der Waals surface area contributed by atoms with Crippen molar-refractivity contribution in [2.24, 2.45) is 0 Å². The van der Waals surface area contributed by atoms with Crippen LogP contribution in [0.3, 0.4) is 0 Å². The zero-order chi connectivity index (χ0) is 14.6. The van der Waals surface area contributed by atoms with E-state index >= 15 is 0 Å². The zero-order valence-corrected chi connectivity index (χ0v) is 12.7. The highest BCUT2D eigenvalue weighted by Gasteiger charge is 2.18. The summed E-state index contributed by atoms with van der Waals surface area (Å²) in [5.41, 5.74) is 1.83. The summed E-state index contributed by atoms with van der Waals surface area (Å²) in [5.74, 6) is 0. The first-order valence-corrected chi connectivity index (χ1v) is 8.41. The first-order chi connectivity index (χ1) is 9.53. The van der Waals surface area contributed by atoms with Crippen molar-refractivity contribution in [3.63, 3.8) is 0 Å². The topological polar surface area (TPSA) is 79.3 Å². The summed E-state index contributed by atoms with van der Waals surface area (Å²) < 4.78 is 27.0. The maximum absolute atomic E-state index is 12.1. The third-order valence-corrected chi connectivity index (χ3v) is 6.02. The molecule has 0 aromatic carbocycles. The van der Waals surface area contributed by atoms with Crippen molar-refractivity contribution in [1.29, 1.82) is 0 Å². The zero-order valence-electron chi connectivity index (χ0n) is 11.0. The Labute approximate surface area is 122 Å². The molecule has 0 atom stereocenters. The lowest BCUT2D eigenvalue weighted by Gasteiger charge is -2.04. The lowest BCUT2D eigenvalue weighted by molar-refractivity contribution is 0.285. The van der Waals surface area contributed by atoms with E-state index in [1.165, 1.54) is 0 Å². The van der Waals surface area contributed by atoms with Gasteiger partial charge in [-0.1, -0.05) is 0 Å². The molecule has 0 aliphatic rings. The summed E-state index contributed by atoms with van der Waals surface area (Å²) in [4.78, 5) is 4.59. The molecular weight excluding hydrogens is 296 g/mol. The number of nitrogens with one attached hydrogen (secondary N) is 1. The molecule has 0 bridgehead atoms. The van der Waals surface area contributed by atoms with Crippen LogP contribution in [0.15, 0.2) is 34.8 Å². The van der Waals surface area contributed by atoms with Gasteiger partial charge in [0.15, 0.2) is 0 Å². The van der Waals surface area contributed by atoms with Crippen LogP contribution in [0.1, 0.15) is 16.0 Å². The maximum atomic E-state index is 12.1. The van der Waals surface area contributed by atoms with Gasteiger partial charge in [-0.2, -0.15) is 0 Å². The van der Waals surface area contributed by atoms with E-state index in [0.717, 1.165) is 22.5 Å². The van der Waals surface area contributed by atoms with Crippen molar-refractivity contribution in [3.05, 3.63) is 46.6 Å². The Kier molecular flexibility index (Phi) is 4.87. The molecule has 0 amide bonds. The van der Waals surface area contributed by atoms with Crippen LogP contribution >= 0.6 is 11.3 Å². The molecule has 7 heteroatoms. The second-order valence-corrected chi connectivity index (χ2v) is 7.46. The Morgan fingerprint density at radius 1 is 1.35 bits per heavy atom. The van der Waals surface area contributed by atoms with Crippen LogP contribution in [0, 0.1) is 6.92 Å². The third-order valence-electron chi connectivity index (χ3n) is 2.86. The van der Waals surface area contributed by atoms with Crippen LogP contribution in [-0.2, 0) is 23.1 Å². The van der Waals surface area contributed by atoms with Gasteiger partial charge < -0.3 is 5.11 Å². The Morgan fingerprint density at radius 3 is 2.65 bits per heavy atom. The van der Waals surface area contributed by atoms with Gasteiger partial charge >= 0.3 is 0 Å². The number of aromatic nitrogens is 1. The number of rotatable bonds is 6. The quantitative estimate of drug-likeness (QED) is 0.846. The molecule has 2 aromatic heterocycles. The second-order valence-electron chi connectivity index (χ2n) is 4.33. The Hall–Kier alpha value is -1.28. The molecule has 0 fully saturated rings. The van der Waals surface area contributed by atoms with Gasteiger partial charge in [0.2, 0.25) is 10.0 Å². The van der Waals surface area contributed by atoms with Gasteiger partial charge in [0.05, 0.1) is 6.61 Å². The van der Waals surface area contributed by atoms with Crippen molar-refractivity contribution in [3.8, 4) is 0 Å².